The molecule has 1 aromatic heterocycles. The lowest BCUT2D eigenvalue weighted by atomic mass is 10.0. The highest BCUT2D eigenvalue weighted by molar-refractivity contribution is 5.55. The van der Waals surface area contributed by atoms with Crippen molar-refractivity contribution in [3.63, 3.8) is 0 Å². The van der Waals surface area contributed by atoms with Crippen molar-refractivity contribution in [3.05, 3.63) is 72.1 Å². The molecule has 0 amide bonds. The molecule has 2 aromatic carbocycles. The highest BCUT2D eigenvalue weighted by atomic mass is 15.3. The van der Waals surface area contributed by atoms with Crippen LogP contribution in [0.3, 0.4) is 0 Å². The Morgan fingerprint density at radius 3 is 2.36 bits per heavy atom. The van der Waals surface area contributed by atoms with Crippen molar-refractivity contribution in [1.29, 1.82) is 0 Å². The van der Waals surface area contributed by atoms with Gasteiger partial charge < -0.3 is 9.47 Å². The minimum atomic E-state index is 0.540. The fourth-order valence-electron chi connectivity index (χ4n) is 3.62. The van der Waals surface area contributed by atoms with Crippen LogP contribution in [0.15, 0.2) is 60.7 Å². The zero-order valence-corrected chi connectivity index (χ0v) is 14.7. The van der Waals surface area contributed by atoms with Crippen LogP contribution >= 0.6 is 0 Å². The molecule has 4 rings (SSSR count). The van der Waals surface area contributed by atoms with E-state index in [-0.39, 0.29) is 0 Å². The van der Waals surface area contributed by atoms with Crippen molar-refractivity contribution in [3.8, 4) is 11.4 Å². The SMILES string of the molecule is C[C@H](CN1CCc2nnc(-c3ccccc3)n2CC1)c1ccccc1. The van der Waals surface area contributed by atoms with Crippen LogP contribution in [-0.4, -0.2) is 39.3 Å². The van der Waals surface area contributed by atoms with E-state index in [0.29, 0.717) is 5.92 Å². The molecule has 0 unspecified atom stereocenters. The van der Waals surface area contributed by atoms with Gasteiger partial charge in [-0.1, -0.05) is 67.6 Å². The molecule has 0 N–H and O–H groups in total. The molecule has 0 bridgehead atoms. The number of fused-ring (bicyclic) bond motifs is 1. The van der Waals surface area contributed by atoms with Crippen molar-refractivity contribution in [2.24, 2.45) is 0 Å². The lowest BCUT2D eigenvalue weighted by Crippen LogP contribution is -2.30. The van der Waals surface area contributed by atoms with Crippen molar-refractivity contribution in [1.82, 2.24) is 19.7 Å². The van der Waals surface area contributed by atoms with Crippen LogP contribution in [-0.2, 0) is 13.0 Å². The maximum absolute atomic E-state index is 4.45. The minimum Gasteiger partial charge on any atom is -0.310 e. The van der Waals surface area contributed by atoms with Gasteiger partial charge >= 0.3 is 0 Å². The van der Waals surface area contributed by atoms with E-state index in [1.165, 1.54) is 5.56 Å². The Kier molecular flexibility index (Phi) is 4.61. The van der Waals surface area contributed by atoms with Gasteiger partial charge in [0.25, 0.3) is 0 Å². The second kappa shape index (κ2) is 7.19. The van der Waals surface area contributed by atoms with E-state index in [4.69, 9.17) is 0 Å². The lowest BCUT2D eigenvalue weighted by molar-refractivity contribution is 0.266. The van der Waals surface area contributed by atoms with Gasteiger partial charge in [0.15, 0.2) is 5.82 Å². The molecule has 1 atom stereocenters. The van der Waals surface area contributed by atoms with Gasteiger partial charge in [0.1, 0.15) is 5.82 Å². The average Bonchev–Trinajstić information content (AvgIpc) is 2.98. The molecule has 128 valence electrons. The fraction of sp³-hybridized carbons (Fsp3) is 0.333. The molecule has 0 fully saturated rings. The van der Waals surface area contributed by atoms with Crippen molar-refractivity contribution >= 4 is 0 Å². The maximum Gasteiger partial charge on any atom is 0.164 e. The first-order valence-electron chi connectivity index (χ1n) is 9.06. The van der Waals surface area contributed by atoms with Crippen LogP contribution in [0, 0.1) is 0 Å². The number of aromatic nitrogens is 3. The Morgan fingerprint density at radius 1 is 0.880 bits per heavy atom. The number of hydrogen-bond acceptors (Lipinski definition) is 3. The van der Waals surface area contributed by atoms with Crippen LogP contribution in [0.4, 0.5) is 0 Å². The summed E-state index contributed by atoms with van der Waals surface area (Å²) in [5, 5.41) is 8.89. The molecular weight excluding hydrogens is 308 g/mol. The smallest absolute Gasteiger partial charge is 0.164 e. The quantitative estimate of drug-likeness (QED) is 0.732. The molecule has 4 nitrogen and oxygen atoms in total. The molecule has 0 radical (unpaired) electrons. The molecule has 0 spiro atoms. The first-order valence-corrected chi connectivity index (χ1v) is 9.06. The lowest BCUT2D eigenvalue weighted by Gasteiger charge is -2.24. The van der Waals surface area contributed by atoms with Crippen LogP contribution in [0.2, 0.25) is 0 Å². The number of hydrogen-bond donors (Lipinski definition) is 0. The van der Waals surface area contributed by atoms with Crippen LogP contribution in [0.5, 0.6) is 0 Å². The van der Waals surface area contributed by atoms with Gasteiger partial charge in [-0.2, -0.15) is 0 Å². The molecule has 4 heteroatoms. The third kappa shape index (κ3) is 3.49. The Bertz CT molecular complexity index is 810. The fourth-order valence-corrected chi connectivity index (χ4v) is 3.62. The normalized spacial score (nSPS) is 16.2. The largest absolute Gasteiger partial charge is 0.310 e. The van der Waals surface area contributed by atoms with Gasteiger partial charge in [-0.05, 0) is 11.5 Å². The molecular formula is C21H24N4. The summed E-state index contributed by atoms with van der Waals surface area (Å²) in [5.74, 6) is 2.64. The van der Waals surface area contributed by atoms with Crippen LogP contribution in [0.1, 0.15) is 24.2 Å². The molecule has 2 heterocycles. The second-order valence-corrected chi connectivity index (χ2v) is 6.82. The highest BCUT2D eigenvalue weighted by Gasteiger charge is 2.20. The highest BCUT2D eigenvalue weighted by Crippen LogP contribution is 2.21. The number of benzene rings is 2. The Hall–Kier alpha value is -2.46. The van der Waals surface area contributed by atoms with E-state index in [1.54, 1.807) is 0 Å². The zero-order valence-electron chi connectivity index (χ0n) is 14.7. The first kappa shape index (κ1) is 16.0. The Labute approximate surface area is 149 Å². The summed E-state index contributed by atoms with van der Waals surface area (Å²) in [6.07, 6.45) is 0.960. The van der Waals surface area contributed by atoms with Gasteiger partial charge in [-0.3, -0.25) is 0 Å². The topological polar surface area (TPSA) is 34.0 Å². The van der Waals surface area contributed by atoms with E-state index in [9.17, 15) is 0 Å². The summed E-state index contributed by atoms with van der Waals surface area (Å²) in [6.45, 7) is 6.44. The van der Waals surface area contributed by atoms with E-state index < -0.39 is 0 Å². The van der Waals surface area contributed by atoms with Crippen molar-refractivity contribution < 1.29 is 0 Å². The van der Waals surface area contributed by atoms with Crippen molar-refractivity contribution in [2.45, 2.75) is 25.8 Å². The molecule has 0 aliphatic carbocycles. The summed E-state index contributed by atoms with van der Waals surface area (Å²) in [4.78, 5) is 2.56. The molecule has 1 aliphatic heterocycles. The van der Waals surface area contributed by atoms with E-state index in [2.05, 4.69) is 81.2 Å². The predicted octanol–water partition coefficient (Wildman–Crippen LogP) is 3.61. The second-order valence-electron chi connectivity index (χ2n) is 6.82. The van der Waals surface area contributed by atoms with Gasteiger partial charge in [0.05, 0.1) is 0 Å². The van der Waals surface area contributed by atoms with Gasteiger partial charge in [-0.25, -0.2) is 0 Å². The van der Waals surface area contributed by atoms with Gasteiger partial charge in [0.2, 0.25) is 0 Å². The summed E-state index contributed by atoms with van der Waals surface area (Å²) in [7, 11) is 0. The third-order valence-electron chi connectivity index (χ3n) is 5.05. The maximum atomic E-state index is 4.45. The minimum absolute atomic E-state index is 0.540. The summed E-state index contributed by atoms with van der Waals surface area (Å²) in [5.41, 5.74) is 2.56. The molecule has 0 saturated carbocycles. The van der Waals surface area contributed by atoms with Gasteiger partial charge in [0, 0.05) is 38.2 Å². The van der Waals surface area contributed by atoms with Crippen molar-refractivity contribution in [2.75, 3.05) is 19.6 Å². The third-order valence-corrected chi connectivity index (χ3v) is 5.05. The molecule has 0 saturated heterocycles. The summed E-state index contributed by atoms with van der Waals surface area (Å²) >= 11 is 0. The summed E-state index contributed by atoms with van der Waals surface area (Å²) < 4.78 is 2.29. The summed E-state index contributed by atoms with van der Waals surface area (Å²) in [6, 6.07) is 21.2. The first-order chi connectivity index (χ1) is 12.3. The monoisotopic (exact) mass is 332 g/mol. The Morgan fingerprint density at radius 2 is 1.60 bits per heavy atom. The molecule has 3 aromatic rings. The van der Waals surface area contributed by atoms with Gasteiger partial charge in [-0.15, -0.1) is 10.2 Å². The van der Waals surface area contributed by atoms with Crippen LogP contribution in [0.25, 0.3) is 11.4 Å². The molecule has 1 aliphatic rings. The standard InChI is InChI=1S/C21H24N4/c1-17(18-8-4-2-5-9-18)16-24-13-12-20-22-23-21(25(20)15-14-24)19-10-6-3-7-11-19/h2-11,17H,12-16H2,1H3/t17-/m1/s1. The van der Waals surface area contributed by atoms with E-state index in [0.717, 1.165) is 49.8 Å². The Balaban J connectivity index is 1.47. The number of nitrogens with zero attached hydrogens (tertiary/aromatic N) is 4. The average molecular weight is 332 g/mol. The molecule has 25 heavy (non-hydrogen) atoms. The van der Waals surface area contributed by atoms with E-state index >= 15 is 0 Å². The van der Waals surface area contributed by atoms with Crippen LogP contribution < -0.4 is 0 Å². The predicted molar refractivity (Wildman–Crippen MR) is 100 cm³/mol. The zero-order chi connectivity index (χ0) is 17.1. The van der Waals surface area contributed by atoms with E-state index in [1.807, 2.05) is 6.07 Å². The number of rotatable bonds is 4.